The van der Waals surface area contributed by atoms with Gasteiger partial charge in [-0.05, 0) is 24.1 Å². The minimum atomic E-state index is 0.602. The van der Waals surface area contributed by atoms with Gasteiger partial charge in [-0.2, -0.15) is 0 Å². The van der Waals surface area contributed by atoms with E-state index in [-0.39, 0.29) is 0 Å². The average Bonchev–Trinajstić information content (AvgIpc) is 2.07. The molecule has 64 valence electrons. The van der Waals surface area contributed by atoms with E-state index in [1.54, 1.807) is 6.07 Å². The van der Waals surface area contributed by atoms with Crippen molar-refractivity contribution in [2.24, 2.45) is 0 Å². The van der Waals surface area contributed by atoms with Gasteiger partial charge in [0.1, 0.15) is 0 Å². The molecule has 0 bridgehead atoms. The molecule has 0 nitrogen and oxygen atoms in total. The highest BCUT2D eigenvalue weighted by atomic mass is 35.5. The number of allylic oxidation sites excluding steroid dienone is 1. The Morgan fingerprint density at radius 3 is 2.58 bits per heavy atom. The normalized spacial score (nSPS) is 10.9. The smallest absolute Gasteiger partial charge is 0.0598 e. The maximum atomic E-state index is 5.83. The van der Waals surface area contributed by atoms with E-state index in [0.717, 1.165) is 12.0 Å². The zero-order chi connectivity index (χ0) is 8.97. The first-order valence-corrected chi connectivity index (χ1v) is 4.61. The van der Waals surface area contributed by atoms with Crippen molar-refractivity contribution in [1.82, 2.24) is 0 Å². The van der Waals surface area contributed by atoms with Crippen molar-refractivity contribution in [3.8, 4) is 0 Å². The van der Waals surface area contributed by atoms with Crippen LogP contribution in [0.4, 0.5) is 0 Å². The lowest BCUT2D eigenvalue weighted by Crippen LogP contribution is -1.73. The zero-order valence-corrected chi connectivity index (χ0v) is 8.36. The first kappa shape index (κ1) is 9.63. The average molecular weight is 201 g/mol. The number of hydrogen-bond acceptors (Lipinski definition) is 0. The third-order valence-corrected chi connectivity index (χ3v) is 2.23. The Hall–Kier alpha value is -0.460. The summed E-state index contributed by atoms with van der Waals surface area (Å²) in [5.74, 6) is 0. The highest BCUT2D eigenvalue weighted by Gasteiger charge is 1.95. The van der Waals surface area contributed by atoms with E-state index >= 15 is 0 Å². The van der Waals surface area contributed by atoms with Crippen molar-refractivity contribution in [2.75, 3.05) is 0 Å². The summed E-state index contributed by atoms with van der Waals surface area (Å²) in [6.45, 7) is 2.09. The van der Waals surface area contributed by atoms with Crippen LogP contribution >= 0.6 is 23.2 Å². The Balaban J connectivity index is 2.89. The molecule has 0 fully saturated rings. The molecule has 0 aromatic heterocycles. The Morgan fingerprint density at radius 2 is 2.00 bits per heavy atom. The van der Waals surface area contributed by atoms with E-state index < -0.39 is 0 Å². The van der Waals surface area contributed by atoms with Crippen molar-refractivity contribution in [3.05, 3.63) is 39.9 Å². The van der Waals surface area contributed by atoms with E-state index in [9.17, 15) is 0 Å². The molecule has 0 saturated heterocycles. The lowest BCUT2D eigenvalue weighted by molar-refractivity contribution is 1.23. The number of halogens is 2. The maximum Gasteiger partial charge on any atom is 0.0598 e. The lowest BCUT2D eigenvalue weighted by Gasteiger charge is -1.96. The van der Waals surface area contributed by atoms with Crippen molar-refractivity contribution >= 4 is 29.3 Å². The molecule has 0 heterocycles. The molecule has 2 heteroatoms. The SMILES string of the molecule is CC/C=C/c1ccc(Cl)c(Cl)c1. The van der Waals surface area contributed by atoms with Crippen LogP contribution < -0.4 is 0 Å². The van der Waals surface area contributed by atoms with Gasteiger partial charge in [-0.1, -0.05) is 48.3 Å². The number of rotatable bonds is 2. The second kappa shape index (κ2) is 4.54. The first-order chi connectivity index (χ1) is 5.74. The third kappa shape index (κ3) is 2.54. The summed E-state index contributed by atoms with van der Waals surface area (Å²) in [5.41, 5.74) is 1.09. The van der Waals surface area contributed by atoms with Gasteiger partial charge in [-0.15, -0.1) is 0 Å². The first-order valence-electron chi connectivity index (χ1n) is 3.85. The predicted molar refractivity (Wildman–Crippen MR) is 55.8 cm³/mol. The van der Waals surface area contributed by atoms with Gasteiger partial charge in [0.05, 0.1) is 10.0 Å². The summed E-state index contributed by atoms with van der Waals surface area (Å²) in [5, 5.41) is 1.21. The molecule has 0 N–H and O–H groups in total. The van der Waals surface area contributed by atoms with E-state index in [0.29, 0.717) is 10.0 Å². The van der Waals surface area contributed by atoms with Crippen molar-refractivity contribution < 1.29 is 0 Å². The van der Waals surface area contributed by atoms with Gasteiger partial charge < -0.3 is 0 Å². The standard InChI is InChI=1S/C10H10Cl2/c1-2-3-4-8-5-6-9(11)10(12)7-8/h3-7H,2H2,1H3/b4-3+. The summed E-state index contributed by atoms with van der Waals surface area (Å²) in [7, 11) is 0. The molecule has 0 amide bonds. The molecule has 0 unspecified atom stereocenters. The molecule has 1 aromatic rings. The molecule has 0 spiro atoms. The second-order valence-corrected chi connectivity index (χ2v) is 3.30. The third-order valence-electron chi connectivity index (χ3n) is 1.49. The summed E-state index contributed by atoms with van der Waals surface area (Å²) in [6, 6.07) is 5.61. The Labute approximate surface area is 82.8 Å². The molecule has 0 aliphatic carbocycles. The zero-order valence-electron chi connectivity index (χ0n) is 6.85. The molecule has 0 atom stereocenters. The Bertz CT molecular complexity index is 290. The highest BCUT2D eigenvalue weighted by molar-refractivity contribution is 6.42. The molecule has 0 saturated carbocycles. The van der Waals surface area contributed by atoms with Gasteiger partial charge in [-0.25, -0.2) is 0 Å². The molecule has 0 aliphatic rings. The van der Waals surface area contributed by atoms with Crippen LogP contribution in [0.15, 0.2) is 24.3 Å². The minimum absolute atomic E-state index is 0.602. The van der Waals surface area contributed by atoms with Crippen LogP contribution in [0.3, 0.4) is 0 Å². The van der Waals surface area contributed by atoms with E-state index in [1.165, 1.54) is 0 Å². The van der Waals surface area contributed by atoms with Crippen LogP contribution in [-0.2, 0) is 0 Å². The molecular formula is C10H10Cl2. The van der Waals surface area contributed by atoms with Crippen LogP contribution in [0.25, 0.3) is 6.08 Å². The van der Waals surface area contributed by atoms with Crippen LogP contribution in [-0.4, -0.2) is 0 Å². The molecule has 1 aromatic carbocycles. The van der Waals surface area contributed by atoms with Crippen LogP contribution in [0.1, 0.15) is 18.9 Å². The maximum absolute atomic E-state index is 5.83. The summed E-state index contributed by atoms with van der Waals surface area (Å²) < 4.78 is 0. The van der Waals surface area contributed by atoms with Gasteiger partial charge in [0.25, 0.3) is 0 Å². The fourth-order valence-electron chi connectivity index (χ4n) is 0.870. The van der Waals surface area contributed by atoms with Crippen LogP contribution in [0, 0.1) is 0 Å². The quantitative estimate of drug-likeness (QED) is 0.664. The molecule has 0 aliphatic heterocycles. The van der Waals surface area contributed by atoms with E-state index in [2.05, 4.69) is 13.0 Å². The number of benzene rings is 1. The van der Waals surface area contributed by atoms with E-state index in [1.807, 2.05) is 18.2 Å². The molecule has 12 heavy (non-hydrogen) atoms. The van der Waals surface area contributed by atoms with Gasteiger partial charge in [-0.3, -0.25) is 0 Å². The highest BCUT2D eigenvalue weighted by Crippen LogP contribution is 2.23. The van der Waals surface area contributed by atoms with Crippen LogP contribution in [0.2, 0.25) is 10.0 Å². The monoisotopic (exact) mass is 200 g/mol. The fraction of sp³-hybridized carbons (Fsp3) is 0.200. The van der Waals surface area contributed by atoms with Crippen molar-refractivity contribution in [2.45, 2.75) is 13.3 Å². The largest absolute Gasteiger partial charge is 0.0842 e. The van der Waals surface area contributed by atoms with Crippen molar-refractivity contribution in [3.63, 3.8) is 0 Å². The number of hydrogen-bond donors (Lipinski definition) is 0. The lowest BCUT2D eigenvalue weighted by atomic mass is 10.2. The van der Waals surface area contributed by atoms with Gasteiger partial charge in [0, 0.05) is 0 Å². The topological polar surface area (TPSA) is 0 Å². The molecule has 1 rings (SSSR count). The van der Waals surface area contributed by atoms with Crippen LogP contribution in [0.5, 0.6) is 0 Å². The summed E-state index contributed by atoms with van der Waals surface area (Å²) in [6.07, 6.45) is 5.14. The Kier molecular flexibility index (Phi) is 3.64. The molecular weight excluding hydrogens is 191 g/mol. The Morgan fingerprint density at radius 1 is 1.25 bits per heavy atom. The molecule has 0 radical (unpaired) electrons. The van der Waals surface area contributed by atoms with Gasteiger partial charge in [0.2, 0.25) is 0 Å². The van der Waals surface area contributed by atoms with Gasteiger partial charge in [0.15, 0.2) is 0 Å². The van der Waals surface area contributed by atoms with Gasteiger partial charge >= 0.3 is 0 Å². The minimum Gasteiger partial charge on any atom is -0.0842 e. The van der Waals surface area contributed by atoms with E-state index in [4.69, 9.17) is 23.2 Å². The van der Waals surface area contributed by atoms with Crippen molar-refractivity contribution in [1.29, 1.82) is 0 Å². The predicted octanol–water partition coefficient (Wildman–Crippen LogP) is 4.42. The summed E-state index contributed by atoms with van der Waals surface area (Å²) in [4.78, 5) is 0. The fourth-order valence-corrected chi connectivity index (χ4v) is 1.18. The second-order valence-electron chi connectivity index (χ2n) is 2.48. The summed E-state index contributed by atoms with van der Waals surface area (Å²) >= 11 is 11.6.